The van der Waals surface area contributed by atoms with E-state index in [0.29, 0.717) is 0 Å². The molecule has 1 aromatic heterocycles. The van der Waals surface area contributed by atoms with Crippen molar-refractivity contribution in [2.24, 2.45) is 0 Å². The van der Waals surface area contributed by atoms with E-state index in [1.807, 2.05) is 19.1 Å². The minimum absolute atomic E-state index is 0.176. The Morgan fingerprint density at radius 1 is 1.38 bits per heavy atom. The first-order valence-electron chi connectivity index (χ1n) is 5.93. The third-order valence-corrected chi connectivity index (χ3v) is 1.98. The number of hydrogen-bond donors (Lipinski definition) is 1. The van der Waals surface area contributed by atoms with Crippen LogP contribution in [0.5, 0.6) is 0 Å². The van der Waals surface area contributed by atoms with E-state index < -0.39 is 11.9 Å². The molecule has 0 fully saturated rings. The number of aromatic nitrogens is 1. The zero-order valence-electron chi connectivity index (χ0n) is 12.6. The normalized spacial score (nSPS) is 7.95. The molecule has 0 aliphatic carbocycles. The zero-order valence-corrected chi connectivity index (χ0v) is 12.6. The molecular formula is C16H21NO4. The van der Waals surface area contributed by atoms with Gasteiger partial charge in [-0.05, 0) is 31.6 Å². The molecule has 21 heavy (non-hydrogen) atoms. The molecule has 1 rings (SSSR count). The molecule has 0 saturated heterocycles. The molecule has 0 aliphatic heterocycles. The van der Waals surface area contributed by atoms with Crippen LogP contribution in [-0.2, 0) is 14.3 Å². The third kappa shape index (κ3) is 12.1. The van der Waals surface area contributed by atoms with Gasteiger partial charge in [0.15, 0.2) is 0 Å². The van der Waals surface area contributed by atoms with Gasteiger partial charge in [0.2, 0.25) is 0 Å². The number of carbonyl (C=O) groups is 2. The summed E-state index contributed by atoms with van der Waals surface area (Å²) in [5.41, 5.74) is 2.32. The standard InChI is InChI=1S/C8H9N.2C4H6O2/c1-3-8-7(2)5-4-6-9-8;1-3-4(5)6-2;1-3(2)4(5)6/h3-6H,1H2,2H3;3H,1H2,2H3;1H2,2H3,(H,5,6). The number of methoxy groups -OCH3 is 1. The highest BCUT2D eigenvalue weighted by Crippen LogP contribution is 2.02. The predicted molar refractivity (Wildman–Crippen MR) is 83.7 cm³/mol. The van der Waals surface area contributed by atoms with E-state index in [9.17, 15) is 9.59 Å². The van der Waals surface area contributed by atoms with Crippen molar-refractivity contribution >= 4 is 18.0 Å². The number of carboxylic acid groups (broad SMARTS) is 1. The number of rotatable bonds is 3. The number of pyridine rings is 1. The topological polar surface area (TPSA) is 76.5 Å². The summed E-state index contributed by atoms with van der Waals surface area (Å²) in [4.78, 5) is 23.5. The molecule has 5 heteroatoms. The Morgan fingerprint density at radius 2 is 1.90 bits per heavy atom. The van der Waals surface area contributed by atoms with Gasteiger partial charge in [-0.15, -0.1) is 0 Å². The lowest BCUT2D eigenvalue weighted by Crippen LogP contribution is -1.92. The number of carbonyl (C=O) groups excluding carboxylic acids is 1. The van der Waals surface area contributed by atoms with Gasteiger partial charge in [0.25, 0.3) is 0 Å². The van der Waals surface area contributed by atoms with Crippen molar-refractivity contribution < 1.29 is 19.4 Å². The number of esters is 1. The number of ether oxygens (including phenoxy) is 1. The van der Waals surface area contributed by atoms with Crippen molar-refractivity contribution in [3.8, 4) is 0 Å². The lowest BCUT2D eigenvalue weighted by Gasteiger charge is -1.94. The van der Waals surface area contributed by atoms with Crippen LogP contribution in [-0.4, -0.2) is 29.1 Å². The number of aliphatic carboxylic acids is 1. The second kappa shape index (κ2) is 12.3. The number of hydrogen-bond acceptors (Lipinski definition) is 4. The van der Waals surface area contributed by atoms with Crippen molar-refractivity contribution in [1.82, 2.24) is 4.98 Å². The van der Waals surface area contributed by atoms with E-state index in [-0.39, 0.29) is 5.57 Å². The molecule has 0 bridgehead atoms. The largest absolute Gasteiger partial charge is 0.478 e. The van der Waals surface area contributed by atoms with Crippen molar-refractivity contribution in [3.05, 3.63) is 61.0 Å². The molecule has 0 unspecified atom stereocenters. The van der Waals surface area contributed by atoms with Crippen LogP contribution in [0.1, 0.15) is 18.2 Å². The molecule has 0 aromatic carbocycles. The molecule has 114 valence electrons. The van der Waals surface area contributed by atoms with Gasteiger partial charge in [0.05, 0.1) is 12.8 Å². The highest BCUT2D eigenvalue weighted by molar-refractivity contribution is 5.84. The van der Waals surface area contributed by atoms with Crippen molar-refractivity contribution in [3.63, 3.8) is 0 Å². The van der Waals surface area contributed by atoms with Crippen LogP contribution in [0.4, 0.5) is 0 Å². The Bertz CT molecular complexity index is 492. The van der Waals surface area contributed by atoms with E-state index in [2.05, 4.69) is 29.5 Å². The monoisotopic (exact) mass is 291 g/mol. The van der Waals surface area contributed by atoms with E-state index in [0.717, 1.165) is 11.8 Å². The Kier molecular flexibility index (Phi) is 12.1. The van der Waals surface area contributed by atoms with Crippen LogP contribution in [0.25, 0.3) is 6.08 Å². The third-order valence-electron chi connectivity index (χ3n) is 1.98. The first-order chi connectivity index (χ1) is 9.79. The van der Waals surface area contributed by atoms with Crippen molar-refractivity contribution in [2.45, 2.75) is 13.8 Å². The van der Waals surface area contributed by atoms with Gasteiger partial charge in [0, 0.05) is 17.8 Å². The van der Waals surface area contributed by atoms with E-state index >= 15 is 0 Å². The number of nitrogens with zero attached hydrogens (tertiary/aromatic N) is 1. The number of aryl methyl sites for hydroxylation is 1. The zero-order chi connectivity index (χ0) is 16.8. The van der Waals surface area contributed by atoms with Crippen molar-refractivity contribution in [1.29, 1.82) is 0 Å². The summed E-state index contributed by atoms with van der Waals surface area (Å²) in [6.07, 6.45) is 4.64. The fourth-order valence-corrected chi connectivity index (χ4v) is 0.795. The molecule has 0 aliphatic rings. The first-order valence-corrected chi connectivity index (χ1v) is 5.93. The Labute approximate surface area is 125 Å². The van der Waals surface area contributed by atoms with Gasteiger partial charge in [-0.3, -0.25) is 4.98 Å². The van der Waals surface area contributed by atoms with Crippen LogP contribution in [0, 0.1) is 6.92 Å². The minimum Gasteiger partial charge on any atom is -0.478 e. The van der Waals surface area contributed by atoms with Crippen LogP contribution in [0.15, 0.2) is 49.7 Å². The average molecular weight is 291 g/mol. The van der Waals surface area contributed by atoms with Crippen molar-refractivity contribution in [2.75, 3.05) is 7.11 Å². The Morgan fingerprint density at radius 3 is 2.10 bits per heavy atom. The molecule has 0 atom stereocenters. The molecule has 0 radical (unpaired) electrons. The summed E-state index contributed by atoms with van der Waals surface area (Å²) in [5.74, 6) is -1.33. The maximum atomic E-state index is 9.84. The van der Waals surface area contributed by atoms with Gasteiger partial charge in [-0.1, -0.05) is 25.8 Å². The van der Waals surface area contributed by atoms with Crippen LogP contribution >= 0.6 is 0 Å². The number of carboxylic acids is 1. The molecule has 1 aromatic rings. The van der Waals surface area contributed by atoms with E-state index in [1.54, 1.807) is 12.3 Å². The maximum Gasteiger partial charge on any atom is 0.330 e. The minimum atomic E-state index is -0.935. The fraction of sp³-hybridized carbons (Fsp3) is 0.188. The van der Waals surface area contributed by atoms with E-state index in [4.69, 9.17) is 5.11 Å². The van der Waals surface area contributed by atoms with Gasteiger partial charge in [-0.25, -0.2) is 9.59 Å². The SMILES string of the molecule is C=C(C)C(=O)O.C=CC(=O)OC.C=Cc1ncccc1C. The Hall–Kier alpha value is -2.69. The first kappa shape index (κ1) is 20.6. The second-order valence-electron chi connectivity index (χ2n) is 3.72. The van der Waals surface area contributed by atoms with Gasteiger partial charge >= 0.3 is 11.9 Å². The van der Waals surface area contributed by atoms with E-state index in [1.165, 1.54) is 19.6 Å². The summed E-state index contributed by atoms with van der Waals surface area (Å²) in [6.45, 7) is 13.4. The van der Waals surface area contributed by atoms with Crippen LogP contribution in [0.3, 0.4) is 0 Å². The molecule has 5 nitrogen and oxygen atoms in total. The molecule has 0 saturated carbocycles. The molecule has 1 heterocycles. The van der Waals surface area contributed by atoms with Crippen LogP contribution in [0.2, 0.25) is 0 Å². The lowest BCUT2D eigenvalue weighted by atomic mass is 10.2. The highest BCUT2D eigenvalue weighted by atomic mass is 16.5. The molecular weight excluding hydrogens is 270 g/mol. The second-order valence-corrected chi connectivity index (χ2v) is 3.72. The quantitative estimate of drug-likeness (QED) is 0.684. The molecule has 0 amide bonds. The fourth-order valence-electron chi connectivity index (χ4n) is 0.795. The summed E-state index contributed by atoms with van der Waals surface area (Å²) >= 11 is 0. The van der Waals surface area contributed by atoms with Crippen LogP contribution < -0.4 is 0 Å². The maximum absolute atomic E-state index is 9.84. The lowest BCUT2D eigenvalue weighted by molar-refractivity contribution is -0.135. The predicted octanol–water partition coefficient (Wildman–Crippen LogP) is 3.03. The average Bonchev–Trinajstić information content (AvgIpc) is 2.48. The van der Waals surface area contributed by atoms with Gasteiger partial charge in [0.1, 0.15) is 0 Å². The summed E-state index contributed by atoms with van der Waals surface area (Å²) in [7, 11) is 1.31. The smallest absolute Gasteiger partial charge is 0.330 e. The van der Waals surface area contributed by atoms with Gasteiger partial charge in [-0.2, -0.15) is 0 Å². The van der Waals surface area contributed by atoms with Gasteiger partial charge < -0.3 is 9.84 Å². The summed E-state index contributed by atoms with van der Waals surface area (Å²) in [6, 6.07) is 3.94. The molecule has 1 N–H and O–H groups in total. The summed E-state index contributed by atoms with van der Waals surface area (Å²) in [5, 5.41) is 7.89. The molecule has 0 spiro atoms. The highest BCUT2D eigenvalue weighted by Gasteiger charge is 1.90. The Balaban J connectivity index is 0. The summed E-state index contributed by atoms with van der Waals surface area (Å²) < 4.78 is 4.14.